The largest absolute Gasteiger partial charge is 0.497 e. The zero-order valence-electron chi connectivity index (χ0n) is 19.0. The van der Waals surface area contributed by atoms with Crippen LogP contribution in [-0.2, 0) is 11.0 Å². The number of ether oxygens (including phenoxy) is 1. The molecule has 0 aliphatic carbocycles. The number of anilines is 3. The lowest BCUT2D eigenvalue weighted by Gasteiger charge is -2.12. The minimum atomic E-state index is -5.08. The van der Waals surface area contributed by atoms with E-state index < -0.39 is 35.7 Å². The molecular weight excluding hydrogens is 528 g/mol. The summed E-state index contributed by atoms with van der Waals surface area (Å²) in [6, 6.07) is 8.37. The summed E-state index contributed by atoms with van der Waals surface area (Å²) in [5, 5.41) is 12.1. The molecule has 2 aromatic carbocycles. The normalized spacial score (nSPS) is 11.0. The summed E-state index contributed by atoms with van der Waals surface area (Å²) >= 11 is 0. The number of aromatic nitrogens is 2. The van der Waals surface area contributed by atoms with E-state index in [2.05, 4.69) is 20.6 Å². The predicted molar refractivity (Wildman–Crippen MR) is 120 cm³/mol. The molecule has 3 rings (SSSR count). The fourth-order valence-corrected chi connectivity index (χ4v) is 2.61. The molecule has 16 heteroatoms. The molecule has 0 bridgehead atoms. The molecule has 0 spiro atoms. The van der Waals surface area contributed by atoms with Crippen molar-refractivity contribution >= 4 is 35.0 Å². The van der Waals surface area contributed by atoms with Gasteiger partial charge in [-0.2, -0.15) is 26.3 Å². The summed E-state index contributed by atoms with van der Waals surface area (Å²) in [6.45, 7) is 0. The monoisotopic (exact) mass is 545 g/mol. The van der Waals surface area contributed by atoms with Gasteiger partial charge in [-0.05, 0) is 30.3 Å². The van der Waals surface area contributed by atoms with Gasteiger partial charge in [0, 0.05) is 35.4 Å². The maximum Gasteiger partial charge on any atom is 0.490 e. The molecule has 0 fully saturated rings. The predicted octanol–water partition coefficient (Wildman–Crippen LogP) is 4.22. The Morgan fingerprint density at radius 2 is 1.50 bits per heavy atom. The topological polar surface area (TPSA) is 157 Å². The zero-order chi connectivity index (χ0) is 28.7. The summed E-state index contributed by atoms with van der Waals surface area (Å²) in [7, 11) is 1.36. The van der Waals surface area contributed by atoms with Crippen molar-refractivity contribution in [1.29, 1.82) is 0 Å². The number of alkyl halides is 6. The van der Waals surface area contributed by atoms with E-state index in [4.69, 9.17) is 20.4 Å². The Morgan fingerprint density at radius 3 is 2.05 bits per heavy atom. The average Bonchev–Trinajstić information content (AvgIpc) is 2.83. The van der Waals surface area contributed by atoms with Crippen molar-refractivity contribution in [3.05, 3.63) is 71.7 Å². The number of rotatable bonds is 5. The molecule has 5 N–H and O–H groups in total. The molecule has 0 radical (unpaired) electrons. The number of carbonyl (C=O) groups excluding carboxylic acids is 2. The zero-order valence-corrected chi connectivity index (χ0v) is 19.0. The number of carboxylic acid groups (broad SMARTS) is 1. The molecule has 10 nitrogen and oxygen atoms in total. The number of nitrogens with zero attached hydrogens (tertiary/aromatic N) is 2. The molecule has 1 heterocycles. The summed E-state index contributed by atoms with van der Waals surface area (Å²) in [5.41, 5.74) is 4.81. The molecule has 3 aromatic rings. The third kappa shape index (κ3) is 8.35. The summed E-state index contributed by atoms with van der Waals surface area (Å²) in [6.07, 6.45) is -7.00. The first-order valence-corrected chi connectivity index (χ1v) is 9.97. The lowest BCUT2D eigenvalue weighted by Crippen LogP contribution is -2.21. The van der Waals surface area contributed by atoms with Gasteiger partial charge in [-0.25, -0.2) is 14.8 Å². The van der Waals surface area contributed by atoms with Crippen LogP contribution < -0.4 is 21.1 Å². The van der Waals surface area contributed by atoms with Gasteiger partial charge in [0.1, 0.15) is 5.75 Å². The van der Waals surface area contributed by atoms with Crippen molar-refractivity contribution in [2.24, 2.45) is 0 Å². The number of nitrogens with two attached hydrogens (primary N) is 1. The smallest absolute Gasteiger partial charge is 0.490 e. The van der Waals surface area contributed by atoms with E-state index >= 15 is 0 Å². The quantitative estimate of drug-likeness (QED) is 0.347. The highest BCUT2D eigenvalue weighted by atomic mass is 19.4. The number of nitrogen functional groups attached to an aromatic ring is 1. The maximum atomic E-state index is 12.9. The van der Waals surface area contributed by atoms with Gasteiger partial charge in [-0.3, -0.25) is 9.59 Å². The molecule has 2 amide bonds. The van der Waals surface area contributed by atoms with Crippen LogP contribution in [0.15, 0.2) is 54.9 Å². The first-order chi connectivity index (χ1) is 17.6. The minimum Gasteiger partial charge on any atom is -0.497 e. The van der Waals surface area contributed by atoms with Crippen LogP contribution in [0.25, 0.3) is 0 Å². The number of aliphatic carboxylic acids is 1. The van der Waals surface area contributed by atoms with Crippen LogP contribution in [0.1, 0.15) is 26.4 Å². The second-order valence-electron chi connectivity index (χ2n) is 7.03. The fourth-order valence-electron chi connectivity index (χ4n) is 2.61. The number of amides is 2. The number of carbonyl (C=O) groups is 3. The van der Waals surface area contributed by atoms with Gasteiger partial charge < -0.3 is 26.2 Å². The Labute approximate surface area is 209 Å². The van der Waals surface area contributed by atoms with Crippen molar-refractivity contribution < 1.29 is 50.6 Å². The number of methoxy groups -OCH3 is 1. The highest BCUT2D eigenvalue weighted by Crippen LogP contribution is 2.31. The van der Waals surface area contributed by atoms with Crippen LogP contribution in [-0.4, -0.2) is 46.1 Å². The minimum absolute atomic E-state index is 0.0409. The third-order valence-corrected chi connectivity index (χ3v) is 4.29. The molecule has 0 unspecified atom stereocenters. The molecule has 1 aromatic heterocycles. The Bertz CT molecular complexity index is 1330. The molecule has 202 valence electrons. The van der Waals surface area contributed by atoms with E-state index in [1.54, 1.807) is 0 Å². The molecule has 0 atom stereocenters. The second kappa shape index (κ2) is 11.9. The molecule has 38 heavy (non-hydrogen) atoms. The van der Waals surface area contributed by atoms with Crippen LogP contribution in [0.3, 0.4) is 0 Å². The van der Waals surface area contributed by atoms with Crippen molar-refractivity contribution in [1.82, 2.24) is 9.97 Å². The van der Waals surface area contributed by atoms with E-state index in [0.717, 1.165) is 12.1 Å². The first kappa shape index (κ1) is 29.3. The van der Waals surface area contributed by atoms with Crippen LogP contribution in [0.2, 0.25) is 0 Å². The highest BCUT2D eigenvalue weighted by molar-refractivity contribution is 6.08. The van der Waals surface area contributed by atoms with E-state index in [9.17, 15) is 35.9 Å². The molecular formula is C22H17F6N5O5. The third-order valence-electron chi connectivity index (χ3n) is 4.29. The van der Waals surface area contributed by atoms with Crippen LogP contribution in [0, 0.1) is 0 Å². The number of halogens is 6. The molecule has 0 saturated carbocycles. The van der Waals surface area contributed by atoms with Gasteiger partial charge in [0.05, 0.1) is 12.7 Å². The number of nitrogens with one attached hydrogen (secondary N) is 2. The average molecular weight is 545 g/mol. The van der Waals surface area contributed by atoms with Crippen LogP contribution >= 0.6 is 0 Å². The van der Waals surface area contributed by atoms with E-state index in [1.807, 2.05) is 0 Å². The van der Waals surface area contributed by atoms with E-state index in [1.165, 1.54) is 49.8 Å². The van der Waals surface area contributed by atoms with Gasteiger partial charge in [-0.15, -0.1) is 0 Å². The Balaban J connectivity index is 0.000000638. The SMILES string of the molecule is COc1cc(NC(=O)c2nccnc2N)cc(C(=O)Nc2cccc(C(F)(F)F)c2)c1.O=C(O)C(F)(F)F. The van der Waals surface area contributed by atoms with Gasteiger partial charge in [-0.1, -0.05) is 6.07 Å². The number of carboxylic acids is 1. The molecule has 0 aliphatic rings. The van der Waals surface area contributed by atoms with Crippen molar-refractivity contribution in [2.75, 3.05) is 23.5 Å². The molecule has 0 aliphatic heterocycles. The Morgan fingerprint density at radius 1 is 0.895 bits per heavy atom. The van der Waals surface area contributed by atoms with Gasteiger partial charge in [0.25, 0.3) is 11.8 Å². The van der Waals surface area contributed by atoms with E-state index in [-0.39, 0.29) is 34.2 Å². The summed E-state index contributed by atoms with van der Waals surface area (Å²) < 4.78 is 75.5. The number of hydrogen-bond acceptors (Lipinski definition) is 7. The van der Waals surface area contributed by atoms with Crippen molar-refractivity contribution in [3.63, 3.8) is 0 Å². The van der Waals surface area contributed by atoms with Gasteiger partial charge >= 0.3 is 18.3 Å². The van der Waals surface area contributed by atoms with E-state index in [0.29, 0.717) is 0 Å². The lowest BCUT2D eigenvalue weighted by atomic mass is 10.1. The highest BCUT2D eigenvalue weighted by Gasteiger charge is 2.38. The van der Waals surface area contributed by atoms with Gasteiger partial charge in [0.15, 0.2) is 11.5 Å². The van der Waals surface area contributed by atoms with Crippen LogP contribution in [0.4, 0.5) is 43.5 Å². The first-order valence-electron chi connectivity index (χ1n) is 9.97. The van der Waals surface area contributed by atoms with Crippen LogP contribution in [0.5, 0.6) is 5.75 Å². The number of hydrogen-bond donors (Lipinski definition) is 4. The fraction of sp³-hybridized carbons (Fsp3) is 0.136. The van der Waals surface area contributed by atoms with Crippen molar-refractivity contribution in [3.8, 4) is 5.75 Å². The lowest BCUT2D eigenvalue weighted by molar-refractivity contribution is -0.192. The summed E-state index contributed by atoms with van der Waals surface area (Å²) in [4.78, 5) is 41.5. The maximum absolute atomic E-state index is 12.9. The Hall–Kier alpha value is -4.89. The summed E-state index contributed by atoms with van der Waals surface area (Å²) in [5.74, 6) is -3.96. The van der Waals surface area contributed by atoms with Gasteiger partial charge in [0.2, 0.25) is 0 Å². The van der Waals surface area contributed by atoms with Crippen molar-refractivity contribution in [2.45, 2.75) is 12.4 Å². The number of benzene rings is 2. The second-order valence-corrected chi connectivity index (χ2v) is 7.03. The standard InChI is InChI=1S/C20H16F3N5O3.C2HF3O2/c1-31-15-8-11(18(29)27-13-4-2-3-12(9-13)20(21,22)23)7-14(10-15)28-19(30)16-17(24)26-6-5-25-16;3-2(4,5)1(6)7/h2-10H,1H3,(H2,24,26)(H,27,29)(H,28,30);(H,6,7). The Kier molecular flexibility index (Phi) is 9.19. The molecule has 0 saturated heterocycles.